The third-order valence-corrected chi connectivity index (χ3v) is 3.86. The van der Waals surface area contributed by atoms with Crippen molar-refractivity contribution >= 4 is 30.7 Å². The number of amides is 1. The number of halogens is 2. The highest BCUT2D eigenvalue weighted by Gasteiger charge is 2.21. The molecule has 0 aliphatic carbocycles. The molecule has 8 heteroatoms. The van der Waals surface area contributed by atoms with E-state index in [2.05, 4.69) is 4.98 Å². The molecule has 1 fully saturated rings. The molecule has 0 radical (unpaired) electrons. The first kappa shape index (κ1) is 22.0. The fourth-order valence-electron chi connectivity index (χ4n) is 2.60. The maximum absolute atomic E-state index is 12.1. The fourth-order valence-corrected chi connectivity index (χ4v) is 2.60. The maximum atomic E-state index is 12.1. The van der Waals surface area contributed by atoms with E-state index in [1.807, 2.05) is 12.1 Å². The Kier molecular flexibility index (Phi) is 9.19. The van der Waals surface area contributed by atoms with Crippen molar-refractivity contribution in [3.8, 4) is 17.4 Å². The molecule has 2 N–H and O–H groups in total. The molecule has 1 saturated heterocycles. The molecular formula is C18H23Cl2N3O3. The van der Waals surface area contributed by atoms with Gasteiger partial charge in [0, 0.05) is 31.4 Å². The zero-order valence-electron chi connectivity index (χ0n) is 14.2. The van der Waals surface area contributed by atoms with Gasteiger partial charge in [0.25, 0.3) is 5.91 Å². The zero-order valence-corrected chi connectivity index (χ0v) is 15.9. The van der Waals surface area contributed by atoms with Gasteiger partial charge in [-0.1, -0.05) is 6.07 Å². The van der Waals surface area contributed by atoms with E-state index in [0.717, 1.165) is 19.4 Å². The number of piperidine rings is 1. The second-order valence-electron chi connectivity index (χ2n) is 5.77. The van der Waals surface area contributed by atoms with Crippen molar-refractivity contribution < 1.29 is 14.3 Å². The van der Waals surface area contributed by atoms with Crippen LogP contribution in [0, 0.1) is 0 Å². The predicted octanol–water partition coefficient (Wildman–Crippen LogP) is 3.05. The van der Waals surface area contributed by atoms with Crippen molar-refractivity contribution in [3.05, 3.63) is 48.7 Å². The van der Waals surface area contributed by atoms with Gasteiger partial charge in [0.05, 0.1) is 0 Å². The van der Waals surface area contributed by atoms with E-state index in [4.69, 9.17) is 15.2 Å². The third-order valence-electron chi connectivity index (χ3n) is 3.86. The lowest BCUT2D eigenvalue weighted by Gasteiger charge is -2.30. The Morgan fingerprint density at radius 2 is 1.88 bits per heavy atom. The number of ether oxygens (including phenoxy) is 2. The van der Waals surface area contributed by atoms with Gasteiger partial charge in [0.15, 0.2) is 6.61 Å². The molecule has 0 bridgehead atoms. The third kappa shape index (κ3) is 6.37. The fraction of sp³-hybridized carbons (Fsp3) is 0.333. The van der Waals surface area contributed by atoms with Crippen LogP contribution in [-0.2, 0) is 4.79 Å². The van der Waals surface area contributed by atoms with Crippen molar-refractivity contribution in [1.82, 2.24) is 9.88 Å². The molecule has 0 spiro atoms. The molecule has 142 valence electrons. The summed E-state index contributed by atoms with van der Waals surface area (Å²) in [7, 11) is 0. The molecule has 1 aliphatic heterocycles. The second-order valence-corrected chi connectivity index (χ2v) is 5.77. The van der Waals surface area contributed by atoms with Gasteiger partial charge in [0.2, 0.25) is 5.88 Å². The Bertz CT molecular complexity index is 671. The highest BCUT2D eigenvalue weighted by atomic mass is 35.5. The molecule has 1 unspecified atom stereocenters. The van der Waals surface area contributed by atoms with Crippen LogP contribution in [0.15, 0.2) is 48.7 Å². The molecule has 6 nitrogen and oxygen atoms in total. The standard InChI is InChI=1S/C18H21N3O3.2ClH/c19-14-4-3-11-21(12-14)18(22)13-23-15-6-8-16(9-7-15)24-17-5-1-2-10-20-17;;/h1-2,5-10,14H,3-4,11-13,19H2;2*1H. The quantitative estimate of drug-likeness (QED) is 0.835. The minimum atomic E-state index is -0.0287. The number of pyridine rings is 1. The highest BCUT2D eigenvalue weighted by molar-refractivity contribution is 5.85. The van der Waals surface area contributed by atoms with Crippen molar-refractivity contribution in [2.45, 2.75) is 18.9 Å². The van der Waals surface area contributed by atoms with Crippen LogP contribution in [0.2, 0.25) is 0 Å². The first-order chi connectivity index (χ1) is 11.7. The number of carbonyl (C=O) groups is 1. The van der Waals surface area contributed by atoms with Gasteiger partial charge in [-0.15, -0.1) is 24.8 Å². The number of aromatic nitrogens is 1. The van der Waals surface area contributed by atoms with Crippen LogP contribution in [0.3, 0.4) is 0 Å². The van der Waals surface area contributed by atoms with Crippen LogP contribution in [0.1, 0.15) is 12.8 Å². The van der Waals surface area contributed by atoms with E-state index < -0.39 is 0 Å². The summed E-state index contributed by atoms with van der Waals surface area (Å²) < 4.78 is 11.2. The van der Waals surface area contributed by atoms with Gasteiger partial charge in [-0.25, -0.2) is 4.98 Å². The number of hydrogen-bond donors (Lipinski definition) is 1. The Balaban J connectivity index is 0.00000169. The minimum Gasteiger partial charge on any atom is -0.484 e. The van der Waals surface area contributed by atoms with Crippen LogP contribution in [0.5, 0.6) is 17.4 Å². The monoisotopic (exact) mass is 399 g/mol. The van der Waals surface area contributed by atoms with Crippen molar-refractivity contribution in [2.75, 3.05) is 19.7 Å². The summed E-state index contributed by atoms with van der Waals surface area (Å²) in [6.45, 7) is 1.39. The van der Waals surface area contributed by atoms with Gasteiger partial charge in [-0.2, -0.15) is 0 Å². The molecule has 1 aromatic heterocycles. The topological polar surface area (TPSA) is 77.7 Å². The van der Waals surface area contributed by atoms with Gasteiger partial charge in [-0.3, -0.25) is 4.79 Å². The smallest absolute Gasteiger partial charge is 0.260 e. The van der Waals surface area contributed by atoms with E-state index in [9.17, 15) is 4.79 Å². The Morgan fingerprint density at radius 1 is 1.15 bits per heavy atom. The lowest BCUT2D eigenvalue weighted by atomic mass is 10.1. The normalized spacial score (nSPS) is 16.0. The van der Waals surface area contributed by atoms with Crippen molar-refractivity contribution in [2.24, 2.45) is 5.73 Å². The largest absolute Gasteiger partial charge is 0.484 e. The number of benzene rings is 1. The van der Waals surface area contributed by atoms with Crippen molar-refractivity contribution in [3.63, 3.8) is 0 Å². The molecule has 1 aliphatic rings. The van der Waals surface area contributed by atoms with Gasteiger partial charge in [-0.05, 0) is 43.2 Å². The van der Waals surface area contributed by atoms with Crippen LogP contribution in [0.4, 0.5) is 0 Å². The maximum Gasteiger partial charge on any atom is 0.260 e. The number of carbonyl (C=O) groups excluding carboxylic acids is 1. The first-order valence-corrected chi connectivity index (χ1v) is 8.06. The second kappa shape index (κ2) is 10.9. The zero-order chi connectivity index (χ0) is 16.8. The molecule has 1 aromatic carbocycles. The minimum absolute atomic E-state index is 0. The molecule has 3 rings (SSSR count). The Hall–Kier alpha value is -2.02. The van der Waals surface area contributed by atoms with Crippen LogP contribution in [0.25, 0.3) is 0 Å². The number of hydrogen-bond acceptors (Lipinski definition) is 5. The van der Waals surface area contributed by atoms with Crippen molar-refractivity contribution in [1.29, 1.82) is 0 Å². The Labute approximate surface area is 165 Å². The summed E-state index contributed by atoms with van der Waals surface area (Å²) in [6.07, 6.45) is 3.60. The summed E-state index contributed by atoms with van der Waals surface area (Å²) in [4.78, 5) is 18.0. The molecular weight excluding hydrogens is 377 g/mol. The predicted molar refractivity (Wildman–Crippen MR) is 105 cm³/mol. The molecule has 2 heterocycles. The summed E-state index contributed by atoms with van der Waals surface area (Å²) in [5.41, 5.74) is 5.90. The SMILES string of the molecule is Cl.Cl.NC1CCCN(C(=O)COc2ccc(Oc3ccccn3)cc2)C1. The summed E-state index contributed by atoms with van der Waals surface area (Å²) >= 11 is 0. The lowest BCUT2D eigenvalue weighted by molar-refractivity contribution is -0.134. The molecule has 1 amide bonds. The van der Waals surface area contributed by atoms with E-state index in [1.165, 1.54) is 0 Å². The number of rotatable bonds is 5. The number of nitrogens with zero attached hydrogens (tertiary/aromatic N) is 2. The highest BCUT2D eigenvalue weighted by Crippen LogP contribution is 2.22. The Morgan fingerprint density at radius 3 is 2.54 bits per heavy atom. The molecule has 2 aromatic rings. The molecule has 26 heavy (non-hydrogen) atoms. The molecule has 0 saturated carbocycles. The van der Waals surface area contributed by atoms with Crippen LogP contribution >= 0.6 is 24.8 Å². The van der Waals surface area contributed by atoms with E-state index in [-0.39, 0.29) is 43.4 Å². The van der Waals surface area contributed by atoms with Crippen LogP contribution < -0.4 is 15.2 Å². The van der Waals surface area contributed by atoms with Crippen LogP contribution in [-0.4, -0.2) is 41.5 Å². The lowest BCUT2D eigenvalue weighted by Crippen LogP contribution is -2.47. The van der Waals surface area contributed by atoms with Gasteiger partial charge in [0.1, 0.15) is 11.5 Å². The number of nitrogens with two attached hydrogens (primary N) is 1. The van der Waals surface area contributed by atoms with E-state index in [0.29, 0.717) is 23.9 Å². The average Bonchev–Trinajstić information content (AvgIpc) is 2.62. The van der Waals surface area contributed by atoms with Gasteiger partial charge < -0.3 is 20.1 Å². The summed E-state index contributed by atoms with van der Waals surface area (Å²) in [6, 6.07) is 12.7. The average molecular weight is 400 g/mol. The van der Waals surface area contributed by atoms with Gasteiger partial charge >= 0.3 is 0 Å². The van der Waals surface area contributed by atoms with E-state index >= 15 is 0 Å². The summed E-state index contributed by atoms with van der Waals surface area (Å²) in [5.74, 6) is 1.79. The first-order valence-electron chi connectivity index (χ1n) is 8.06. The van der Waals surface area contributed by atoms with E-state index in [1.54, 1.807) is 41.4 Å². The summed E-state index contributed by atoms with van der Waals surface area (Å²) in [5, 5.41) is 0. The molecule has 1 atom stereocenters. The number of likely N-dealkylation sites (tertiary alicyclic amines) is 1.